The van der Waals surface area contributed by atoms with E-state index < -0.39 is 41.2 Å². The van der Waals surface area contributed by atoms with Crippen molar-refractivity contribution >= 4 is 17.8 Å². The number of aromatic hydroxyl groups is 1. The van der Waals surface area contributed by atoms with Gasteiger partial charge in [-0.2, -0.15) is 0 Å². The quantitative estimate of drug-likeness (QED) is 0.343. The van der Waals surface area contributed by atoms with Gasteiger partial charge in [-0.15, -0.1) is 0 Å². The summed E-state index contributed by atoms with van der Waals surface area (Å²) in [6.07, 6.45) is 3.53. The summed E-state index contributed by atoms with van der Waals surface area (Å²) >= 11 is 0. The van der Waals surface area contributed by atoms with Gasteiger partial charge in [0.2, 0.25) is 5.91 Å². The van der Waals surface area contributed by atoms with Crippen molar-refractivity contribution in [2.45, 2.75) is 95.0 Å². The van der Waals surface area contributed by atoms with Gasteiger partial charge in [0.15, 0.2) is 23.7 Å². The highest BCUT2D eigenvalue weighted by Crippen LogP contribution is 2.67. The molecule has 39 heavy (non-hydrogen) atoms. The number of benzene rings is 1. The molecule has 10 heteroatoms. The molecular weight excluding hydrogens is 504 g/mol. The largest absolute Gasteiger partial charge is 0.504 e. The molecule has 1 amide bonds. The second kappa shape index (κ2) is 10.1. The van der Waals surface area contributed by atoms with Crippen molar-refractivity contribution in [3.05, 3.63) is 35.1 Å². The number of phenols is 1. The Balaban J connectivity index is 1.23. The fraction of sp³-hybridized carbons (Fsp3) is 0.621. The number of esters is 2. The van der Waals surface area contributed by atoms with E-state index in [0.717, 1.165) is 24.0 Å². The topological polar surface area (TPSA) is 157 Å². The Kier molecular flexibility index (Phi) is 7.13. The third-order valence-corrected chi connectivity index (χ3v) is 8.81. The zero-order chi connectivity index (χ0) is 28.1. The first kappa shape index (κ1) is 27.5. The minimum atomic E-state index is -1.20. The van der Waals surface area contributed by atoms with Gasteiger partial charge in [0.25, 0.3) is 0 Å². The number of nitrogens with one attached hydrogen (secondary N) is 1. The Hall–Kier alpha value is -3.11. The number of carbonyl (C=O) groups excluding carboxylic acids is 3. The average Bonchev–Trinajstić information content (AvgIpc) is 3.22. The van der Waals surface area contributed by atoms with E-state index in [2.05, 4.69) is 5.32 Å². The maximum atomic E-state index is 13.0. The lowest BCUT2D eigenvalue weighted by atomic mass is 9.47. The zero-order valence-corrected chi connectivity index (χ0v) is 22.7. The van der Waals surface area contributed by atoms with E-state index in [0.29, 0.717) is 31.4 Å². The summed E-state index contributed by atoms with van der Waals surface area (Å²) < 4.78 is 17.2. The number of amides is 1. The molecule has 0 aromatic heterocycles. The molecule has 1 aromatic carbocycles. The molecule has 0 radical (unpaired) electrons. The fourth-order valence-corrected chi connectivity index (χ4v) is 7.07. The number of hydrogen-bond acceptors (Lipinski definition) is 9. The van der Waals surface area contributed by atoms with Gasteiger partial charge >= 0.3 is 11.9 Å². The van der Waals surface area contributed by atoms with Gasteiger partial charge in [-0.3, -0.25) is 9.59 Å². The number of aliphatic hydroxyl groups is 1. The molecule has 5 rings (SSSR count). The van der Waals surface area contributed by atoms with Crippen molar-refractivity contribution in [1.82, 2.24) is 5.32 Å². The number of ether oxygens (including phenoxy) is 3. The van der Waals surface area contributed by atoms with E-state index in [1.807, 2.05) is 19.9 Å². The summed E-state index contributed by atoms with van der Waals surface area (Å²) in [5.74, 6) is -0.881. The molecule has 2 bridgehead atoms. The molecule has 10 nitrogen and oxygen atoms in total. The summed E-state index contributed by atoms with van der Waals surface area (Å²) in [6.45, 7) is 5.39. The van der Waals surface area contributed by atoms with Crippen LogP contribution < -0.4 is 15.8 Å². The van der Waals surface area contributed by atoms with Crippen LogP contribution in [0.5, 0.6) is 11.5 Å². The average molecular weight is 543 g/mol. The van der Waals surface area contributed by atoms with Crippen LogP contribution in [0.1, 0.15) is 70.4 Å². The van der Waals surface area contributed by atoms with Crippen LogP contribution in [-0.4, -0.2) is 58.5 Å². The standard InChI is InChI=1S/C29H38N2O8/c1-15(2)13-19(30)26(34)31-12-9-22(33)37-16(3)27(35)38-21-8-11-29(36)18-5-4-10-28(29)23-17(14-18)6-7-20(32)24(23)39-25(21)28/h6-8,15-16,18-19,25,32,36H,4-5,9-14,30H2,1-3H3,(H,31,34)/t16-,18+,19-,25-,28-,29+/m0/s1. The number of phenolic OH excluding ortho intramolecular Hbond substituents is 1. The van der Waals surface area contributed by atoms with E-state index in [4.69, 9.17) is 19.9 Å². The fourth-order valence-electron chi connectivity index (χ4n) is 7.07. The first-order valence-electron chi connectivity index (χ1n) is 13.9. The molecule has 1 aromatic rings. The van der Waals surface area contributed by atoms with Crippen molar-refractivity contribution in [3.63, 3.8) is 0 Å². The van der Waals surface area contributed by atoms with Crippen molar-refractivity contribution in [3.8, 4) is 11.5 Å². The lowest BCUT2D eigenvalue weighted by Crippen LogP contribution is -2.67. The summed E-state index contributed by atoms with van der Waals surface area (Å²) in [6, 6.07) is 2.85. The van der Waals surface area contributed by atoms with Crippen LogP contribution in [0.4, 0.5) is 0 Å². The third-order valence-electron chi connectivity index (χ3n) is 8.81. The minimum absolute atomic E-state index is 0.00544. The van der Waals surface area contributed by atoms with E-state index >= 15 is 0 Å². The molecule has 3 aliphatic carbocycles. The molecule has 1 fully saturated rings. The summed E-state index contributed by atoms with van der Waals surface area (Å²) in [5.41, 5.74) is 5.82. The Morgan fingerprint density at radius 1 is 1.26 bits per heavy atom. The second-order valence-corrected chi connectivity index (χ2v) is 11.8. The minimum Gasteiger partial charge on any atom is -0.504 e. The van der Waals surface area contributed by atoms with Crippen molar-refractivity contribution < 1.29 is 38.8 Å². The SMILES string of the molecule is CC(C)C[C@H](N)C(=O)NCCC(=O)O[C@@H](C)C(=O)OC1=CC[C@@]2(O)[C@@H]3CCC[C@@]24c2c(ccc(O)c2O[C@@H]14)C3. The van der Waals surface area contributed by atoms with E-state index in [1.54, 1.807) is 12.1 Å². The van der Waals surface area contributed by atoms with Crippen LogP contribution in [0.2, 0.25) is 0 Å². The summed E-state index contributed by atoms with van der Waals surface area (Å²) in [7, 11) is 0. The normalized spacial score (nSPS) is 29.4. The highest BCUT2D eigenvalue weighted by atomic mass is 16.6. The highest BCUT2D eigenvalue weighted by molar-refractivity contribution is 5.83. The monoisotopic (exact) mass is 542 g/mol. The third kappa shape index (κ3) is 4.47. The molecular formula is C29H38N2O8. The Morgan fingerprint density at radius 3 is 2.77 bits per heavy atom. The van der Waals surface area contributed by atoms with Gasteiger partial charge in [0, 0.05) is 12.1 Å². The van der Waals surface area contributed by atoms with Gasteiger partial charge in [-0.05, 0) is 68.6 Å². The van der Waals surface area contributed by atoms with Crippen LogP contribution in [0.25, 0.3) is 0 Å². The maximum absolute atomic E-state index is 13.0. The molecule has 1 saturated carbocycles. The molecule has 6 atom stereocenters. The molecule has 0 saturated heterocycles. The first-order chi connectivity index (χ1) is 18.5. The van der Waals surface area contributed by atoms with Gasteiger partial charge in [-0.25, -0.2) is 4.79 Å². The number of rotatable bonds is 9. The predicted molar refractivity (Wildman–Crippen MR) is 140 cm³/mol. The number of carbonyl (C=O) groups is 3. The number of hydrogen-bond donors (Lipinski definition) is 4. The second-order valence-electron chi connectivity index (χ2n) is 11.8. The van der Waals surface area contributed by atoms with Crippen molar-refractivity contribution in [2.75, 3.05) is 6.54 Å². The summed E-state index contributed by atoms with van der Waals surface area (Å²) in [4.78, 5) is 37.3. The van der Waals surface area contributed by atoms with Crippen LogP contribution >= 0.6 is 0 Å². The lowest BCUT2D eigenvalue weighted by Gasteiger charge is -2.59. The van der Waals surface area contributed by atoms with Crippen LogP contribution in [-0.2, 0) is 35.7 Å². The van der Waals surface area contributed by atoms with E-state index in [9.17, 15) is 24.6 Å². The Bertz CT molecular complexity index is 1210. The van der Waals surface area contributed by atoms with E-state index in [1.165, 1.54) is 6.92 Å². The molecule has 212 valence electrons. The molecule has 4 aliphatic rings. The van der Waals surface area contributed by atoms with Gasteiger partial charge < -0.3 is 35.5 Å². The predicted octanol–water partition coefficient (Wildman–Crippen LogP) is 2.12. The van der Waals surface area contributed by atoms with Crippen LogP contribution in [0.15, 0.2) is 24.0 Å². The molecule has 1 aliphatic heterocycles. The molecule has 5 N–H and O–H groups in total. The maximum Gasteiger partial charge on any atom is 0.352 e. The molecule has 1 heterocycles. The Labute approximate surface area is 227 Å². The van der Waals surface area contributed by atoms with Gasteiger partial charge in [-0.1, -0.05) is 26.3 Å². The van der Waals surface area contributed by atoms with Gasteiger partial charge in [0.05, 0.1) is 23.5 Å². The molecule has 0 unspecified atom stereocenters. The van der Waals surface area contributed by atoms with Crippen LogP contribution in [0.3, 0.4) is 0 Å². The first-order valence-corrected chi connectivity index (χ1v) is 13.9. The van der Waals surface area contributed by atoms with Crippen molar-refractivity contribution in [2.24, 2.45) is 17.6 Å². The highest BCUT2D eigenvalue weighted by Gasteiger charge is 2.70. The summed E-state index contributed by atoms with van der Waals surface area (Å²) in [5, 5.41) is 25.2. The smallest absolute Gasteiger partial charge is 0.352 e. The Morgan fingerprint density at radius 2 is 2.03 bits per heavy atom. The van der Waals surface area contributed by atoms with E-state index in [-0.39, 0.29) is 42.2 Å². The van der Waals surface area contributed by atoms with Gasteiger partial charge in [0.1, 0.15) is 5.76 Å². The zero-order valence-electron chi connectivity index (χ0n) is 22.7. The van der Waals surface area contributed by atoms with Crippen LogP contribution in [0, 0.1) is 11.8 Å². The van der Waals surface area contributed by atoms with Crippen molar-refractivity contribution in [1.29, 1.82) is 0 Å². The molecule has 1 spiro atoms. The lowest BCUT2D eigenvalue weighted by molar-refractivity contribution is -0.171. The number of nitrogens with two attached hydrogens (primary N) is 1.